The summed E-state index contributed by atoms with van der Waals surface area (Å²) in [4.78, 5) is 1.05. The summed E-state index contributed by atoms with van der Waals surface area (Å²) in [5, 5.41) is 3.28. The Kier molecular flexibility index (Phi) is 17.5. The van der Waals surface area contributed by atoms with Gasteiger partial charge in [0.15, 0.2) is 0 Å². The van der Waals surface area contributed by atoms with Crippen LogP contribution < -0.4 is 5.32 Å². The lowest BCUT2D eigenvalue weighted by atomic mass is 9.95. The maximum Gasteiger partial charge on any atom is 0.123 e. The van der Waals surface area contributed by atoms with Crippen molar-refractivity contribution >= 4 is 12.6 Å². The normalized spacial score (nSPS) is 10.4. The Balaban J connectivity index is 0.000000457. The lowest BCUT2D eigenvalue weighted by Crippen LogP contribution is -2.14. The molecule has 176 valence electrons. The minimum Gasteiger partial charge on any atom is -0.317 e. The highest BCUT2D eigenvalue weighted by Crippen LogP contribution is 2.21. The highest BCUT2D eigenvalue weighted by Gasteiger charge is 2.04. The van der Waals surface area contributed by atoms with Gasteiger partial charge in [-0.1, -0.05) is 72.6 Å². The number of hydrogen-bond donors (Lipinski definition) is 2. The van der Waals surface area contributed by atoms with Gasteiger partial charge in [-0.15, -0.1) is 12.6 Å². The van der Waals surface area contributed by atoms with Crippen molar-refractivity contribution < 1.29 is 4.39 Å². The molecule has 0 aliphatic rings. The molecule has 3 heteroatoms. The minimum atomic E-state index is -0.145. The quantitative estimate of drug-likeness (QED) is 0.289. The van der Waals surface area contributed by atoms with Crippen molar-refractivity contribution in [3.8, 4) is 0 Å². The van der Waals surface area contributed by atoms with Crippen LogP contribution in [-0.4, -0.2) is 13.1 Å². The highest BCUT2D eigenvalue weighted by molar-refractivity contribution is 7.80. The van der Waals surface area contributed by atoms with Crippen molar-refractivity contribution in [2.24, 2.45) is 5.92 Å². The molecular weight excluding hydrogens is 401 g/mol. The zero-order valence-corrected chi connectivity index (χ0v) is 21.9. The van der Waals surface area contributed by atoms with Gasteiger partial charge in [-0.25, -0.2) is 4.39 Å². The molecule has 0 saturated carbocycles. The molecule has 0 fully saturated rings. The predicted molar refractivity (Wildman–Crippen MR) is 140 cm³/mol. The van der Waals surface area contributed by atoms with Crippen LogP contribution in [-0.2, 0) is 6.42 Å². The topological polar surface area (TPSA) is 12.0 Å². The fourth-order valence-electron chi connectivity index (χ4n) is 3.26. The van der Waals surface area contributed by atoms with Gasteiger partial charge in [0.05, 0.1) is 0 Å². The molecule has 0 spiro atoms. The highest BCUT2D eigenvalue weighted by atomic mass is 32.1. The van der Waals surface area contributed by atoms with Crippen LogP contribution in [0.25, 0.3) is 0 Å². The van der Waals surface area contributed by atoms with E-state index in [0.717, 1.165) is 17.2 Å². The van der Waals surface area contributed by atoms with Gasteiger partial charge in [-0.2, -0.15) is 0 Å². The summed E-state index contributed by atoms with van der Waals surface area (Å²) in [5.74, 6) is 1.20. The van der Waals surface area contributed by atoms with E-state index in [1.807, 2.05) is 18.2 Å². The Labute approximate surface area is 197 Å². The molecular formula is C28H46FNS. The number of nitrogens with one attached hydrogen (secondary N) is 1. The fraction of sp³-hybridized carbons (Fsp3) is 0.571. The zero-order valence-electron chi connectivity index (χ0n) is 21.0. The van der Waals surface area contributed by atoms with Gasteiger partial charge in [0.25, 0.3) is 0 Å². The summed E-state index contributed by atoms with van der Waals surface area (Å²) >= 11 is 4.30. The van der Waals surface area contributed by atoms with E-state index < -0.39 is 0 Å². The monoisotopic (exact) mass is 447 g/mol. The molecule has 0 aliphatic carbocycles. The van der Waals surface area contributed by atoms with Crippen LogP contribution in [0.15, 0.2) is 47.4 Å². The van der Waals surface area contributed by atoms with E-state index in [2.05, 4.69) is 78.5 Å². The Morgan fingerprint density at radius 3 is 1.84 bits per heavy atom. The maximum atomic E-state index is 12.6. The van der Waals surface area contributed by atoms with E-state index in [-0.39, 0.29) is 5.82 Å². The molecule has 0 aromatic heterocycles. The van der Waals surface area contributed by atoms with Gasteiger partial charge in [0.2, 0.25) is 0 Å². The first-order valence-corrected chi connectivity index (χ1v) is 12.5. The van der Waals surface area contributed by atoms with Gasteiger partial charge < -0.3 is 5.32 Å². The first kappa shape index (κ1) is 29.7. The summed E-state index contributed by atoms with van der Waals surface area (Å²) in [5.41, 5.74) is 4.01. The van der Waals surface area contributed by atoms with E-state index in [1.165, 1.54) is 67.6 Å². The number of rotatable bonds is 9. The molecule has 0 aliphatic heterocycles. The lowest BCUT2D eigenvalue weighted by Gasteiger charge is -2.11. The molecule has 1 nitrogen and oxygen atoms in total. The van der Waals surface area contributed by atoms with E-state index >= 15 is 0 Å². The Hall–Kier alpha value is -1.32. The number of aryl methyl sites for hydroxylation is 1. The molecule has 31 heavy (non-hydrogen) atoms. The standard InChI is InChI=1S/C12H17F.C10H14S.C6H15N/c1-3-10(4-2)9-11-5-7-12(13)8-6-11;1-7(2)10-6-9(11)5-4-8(10)3;1-3-5-7-6-4-2/h5-8,10H,3-4,9H2,1-2H3;4-7,11H,1-3H3;7H,3-6H2,1-2H3. The van der Waals surface area contributed by atoms with Crippen LogP contribution in [0.4, 0.5) is 4.39 Å². The van der Waals surface area contributed by atoms with Crippen molar-refractivity contribution in [1.29, 1.82) is 0 Å². The smallest absolute Gasteiger partial charge is 0.123 e. The van der Waals surface area contributed by atoms with Crippen molar-refractivity contribution in [1.82, 2.24) is 5.32 Å². The van der Waals surface area contributed by atoms with E-state index in [9.17, 15) is 4.39 Å². The van der Waals surface area contributed by atoms with Crippen LogP contribution in [0, 0.1) is 18.7 Å². The minimum absolute atomic E-state index is 0.145. The summed E-state index contributed by atoms with van der Waals surface area (Å²) < 4.78 is 12.6. The lowest BCUT2D eigenvalue weighted by molar-refractivity contribution is 0.490. The van der Waals surface area contributed by atoms with Gasteiger partial charge in [-0.3, -0.25) is 0 Å². The third kappa shape index (κ3) is 14.4. The molecule has 0 bridgehead atoms. The Bertz CT molecular complexity index is 674. The third-order valence-electron chi connectivity index (χ3n) is 5.33. The van der Waals surface area contributed by atoms with Crippen LogP contribution >= 0.6 is 12.6 Å². The van der Waals surface area contributed by atoms with Gasteiger partial charge in [0, 0.05) is 4.90 Å². The molecule has 0 heterocycles. The second-order valence-corrected chi connectivity index (χ2v) is 8.98. The first-order valence-electron chi connectivity index (χ1n) is 12.0. The Morgan fingerprint density at radius 2 is 1.42 bits per heavy atom. The zero-order chi connectivity index (χ0) is 23.6. The number of halogens is 1. The largest absolute Gasteiger partial charge is 0.317 e. The number of thiol groups is 1. The second-order valence-electron chi connectivity index (χ2n) is 8.46. The van der Waals surface area contributed by atoms with Crippen molar-refractivity contribution in [2.75, 3.05) is 13.1 Å². The van der Waals surface area contributed by atoms with Crippen LogP contribution in [0.1, 0.15) is 89.8 Å². The molecule has 2 rings (SSSR count). The van der Waals surface area contributed by atoms with E-state index in [1.54, 1.807) is 0 Å². The summed E-state index contributed by atoms with van der Waals surface area (Å²) in [7, 11) is 0. The van der Waals surface area contributed by atoms with E-state index in [4.69, 9.17) is 0 Å². The average molecular weight is 448 g/mol. The van der Waals surface area contributed by atoms with Crippen molar-refractivity contribution in [2.45, 2.75) is 91.4 Å². The van der Waals surface area contributed by atoms with Crippen molar-refractivity contribution in [3.05, 3.63) is 65.0 Å². The van der Waals surface area contributed by atoms with Crippen molar-refractivity contribution in [3.63, 3.8) is 0 Å². The predicted octanol–water partition coefficient (Wildman–Crippen LogP) is 8.61. The molecule has 0 unspecified atom stereocenters. The SMILES string of the molecule is CCC(CC)Cc1ccc(F)cc1.CCCNCCC.Cc1ccc(S)cc1C(C)C. The molecule has 0 atom stereocenters. The second kappa shape index (κ2) is 18.3. The summed E-state index contributed by atoms with van der Waals surface area (Å²) in [6.07, 6.45) is 5.98. The molecule has 2 aromatic carbocycles. The van der Waals surface area contributed by atoms with Gasteiger partial charge in [0.1, 0.15) is 5.82 Å². The van der Waals surface area contributed by atoms with Crippen LogP contribution in [0.2, 0.25) is 0 Å². The van der Waals surface area contributed by atoms with Gasteiger partial charge in [-0.05, 0) is 92.1 Å². The number of benzene rings is 2. The van der Waals surface area contributed by atoms with Crippen LogP contribution in [0.3, 0.4) is 0 Å². The fourth-order valence-corrected chi connectivity index (χ4v) is 3.47. The Morgan fingerprint density at radius 1 is 0.871 bits per heavy atom. The molecule has 2 aromatic rings. The summed E-state index contributed by atoms with van der Waals surface area (Å²) in [6, 6.07) is 13.1. The molecule has 1 N–H and O–H groups in total. The number of hydrogen-bond acceptors (Lipinski definition) is 2. The maximum absolute atomic E-state index is 12.6. The average Bonchev–Trinajstić information content (AvgIpc) is 2.76. The summed E-state index contributed by atoms with van der Waals surface area (Å²) in [6.45, 7) is 17.7. The third-order valence-corrected chi connectivity index (χ3v) is 5.61. The molecule has 0 amide bonds. The van der Waals surface area contributed by atoms with E-state index in [0.29, 0.717) is 5.92 Å². The first-order chi connectivity index (χ1) is 14.8. The molecule has 0 radical (unpaired) electrons. The molecule has 0 saturated heterocycles. The van der Waals surface area contributed by atoms with Crippen LogP contribution in [0.5, 0.6) is 0 Å². The van der Waals surface area contributed by atoms with Gasteiger partial charge >= 0.3 is 0 Å².